The second-order valence-corrected chi connectivity index (χ2v) is 8.96. The van der Waals surface area contributed by atoms with Crippen LogP contribution in [0.1, 0.15) is 64.7 Å². The van der Waals surface area contributed by atoms with Crippen LogP contribution < -0.4 is 0 Å². The van der Waals surface area contributed by atoms with E-state index >= 15 is 0 Å². The van der Waals surface area contributed by atoms with Gasteiger partial charge in [0.05, 0.1) is 13.2 Å². The third-order valence-electron chi connectivity index (χ3n) is 8.04. The zero-order valence-corrected chi connectivity index (χ0v) is 14.0. The standard InChI is InChI=1S/C20H30O2/c1-19-8-2-3-18(19)17-5-4-14-13-20(21-11-12-22-20)10-7-15(14)16(17)6-9-19/h4,15-18H,2-3,5-13H2,1H3/t15?,16?,17?,18?,19-/m1/s1. The van der Waals surface area contributed by atoms with E-state index in [2.05, 4.69) is 13.0 Å². The maximum Gasteiger partial charge on any atom is 0.172 e. The predicted molar refractivity (Wildman–Crippen MR) is 86.3 cm³/mol. The molecule has 0 aromatic carbocycles. The Balaban J connectivity index is 1.41. The van der Waals surface area contributed by atoms with E-state index in [0.717, 1.165) is 49.7 Å². The molecule has 0 radical (unpaired) electrons. The quantitative estimate of drug-likeness (QED) is 0.604. The molecule has 0 aromatic rings. The van der Waals surface area contributed by atoms with Crippen molar-refractivity contribution in [2.24, 2.45) is 29.1 Å². The van der Waals surface area contributed by atoms with Crippen molar-refractivity contribution in [2.45, 2.75) is 70.5 Å². The molecule has 122 valence electrons. The zero-order valence-electron chi connectivity index (χ0n) is 14.0. The lowest BCUT2D eigenvalue weighted by Gasteiger charge is -2.53. The van der Waals surface area contributed by atoms with Crippen LogP contribution >= 0.6 is 0 Å². The van der Waals surface area contributed by atoms with Gasteiger partial charge in [0.15, 0.2) is 5.79 Å². The lowest BCUT2D eigenvalue weighted by molar-refractivity contribution is -0.176. The lowest BCUT2D eigenvalue weighted by atomic mass is 9.53. The number of allylic oxidation sites excluding steroid dienone is 1. The molecule has 3 saturated carbocycles. The van der Waals surface area contributed by atoms with Crippen molar-refractivity contribution in [3.05, 3.63) is 11.6 Å². The van der Waals surface area contributed by atoms with Gasteiger partial charge >= 0.3 is 0 Å². The Labute approximate surface area is 134 Å². The Morgan fingerprint density at radius 2 is 1.86 bits per heavy atom. The van der Waals surface area contributed by atoms with Crippen LogP contribution in [0.4, 0.5) is 0 Å². The van der Waals surface area contributed by atoms with Crippen LogP contribution in [0.15, 0.2) is 11.6 Å². The largest absolute Gasteiger partial charge is 0.347 e. The molecule has 5 rings (SSSR count). The first kappa shape index (κ1) is 14.0. The number of hydrogen-bond acceptors (Lipinski definition) is 2. The summed E-state index contributed by atoms with van der Waals surface area (Å²) >= 11 is 0. The maximum absolute atomic E-state index is 5.99. The molecule has 5 atom stereocenters. The van der Waals surface area contributed by atoms with Crippen molar-refractivity contribution in [2.75, 3.05) is 13.2 Å². The van der Waals surface area contributed by atoms with Gasteiger partial charge in [0.2, 0.25) is 0 Å². The van der Waals surface area contributed by atoms with Gasteiger partial charge < -0.3 is 9.47 Å². The third-order valence-corrected chi connectivity index (χ3v) is 8.04. The molecule has 2 heteroatoms. The topological polar surface area (TPSA) is 18.5 Å². The van der Waals surface area contributed by atoms with Crippen LogP contribution in [-0.2, 0) is 9.47 Å². The van der Waals surface area contributed by atoms with Crippen LogP contribution in [-0.4, -0.2) is 19.0 Å². The van der Waals surface area contributed by atoms with Gasteiger partial charge in [0, 0.05) is 12.8 Å². The zero-order chi connectivity index (χ0) is 14.8. The predicted octanol–water partition coefficient (Wildman–Crippen LogP) is 4.69. The summed E-state index contributed by atoms with van der Waals surface area (Å²) in [6, 6.07) is 0. The molecule has 0 aromatic heterocycles. The highest BCUT2D eigenvalue weighted by molar-refractivity contribution is 5.21. The molecule has 2 nitrogen and oxygen atoms in total. The average molecular weight is 302 g/mol. The van der Waals surface area contributed by atoms with Crippen LogP contribution in [0, 0.1) is 29.1 Å². The van der Waals surface area contributed by atoms with Gasteiger partial charge in [0.25, 0.3) is 0 Å². The summed E-state index contributed by atoms with van der Waals surface area (Å²) in [4.78, 5) is 0. The van der Waals surface area contributed by atoms with Crippen molar-refractivity contribution in [3.63, 3.8) is 0 Å². The van der Waals surface area contributed by atoms with Crippen LogP contribution in [0.2, 0.25) is 0 Å². The molecule has 0 bridgehead atoms. The Morgan fingerprint density at radius 3 is 2.73 bits per heavy atom. The fourth-order valence-corrected chi connectivity index (χ4v) is 6.98. The molecule has 0 amide bonds. The normalized spacial score (nSPS) is 49.4. The summed E-state index contributed by atoms with van der Waals surface area (Å²) in [7, 11) is 0. The summed E-state index contributed by atoms with van der Waals surface area (Å²) < 4.78 is 12.0. The first-order valence-electron chi connectivity index (χ1n) is 9.66. The highest BCUT2D eigenvalue weighted by atomic mass is 16.7. The highest BCUT2D eigenvalue weighted by Crippen LogP contribution is 2.62. The van der Waals surface area contributed by atoms with Crippen LogP contribution in [0.25, 0.3) is 0 Å². The van der Waals surface area contributed by atoms with Crippen molar-refractivity contribution in [3.8, 4) is 0 Å². The SMILES string of the molecule is C[C@]12CCCC1C1CC=C3CC4(CCC3C1CC2)OCCO4. The molecular formula is C20H30O2. The number of fused-ring (bicyclic) bond motifs is 5. The Bertz CT molecular complexity index is 490. The van der Waals surface area contributed by atoms with Gasteiger partial charge in [-0.05, 0) is 67.6 Å². The van der Waals surface area contributed by atoms with E-state index in [1.165, 1.54) is 44.9 Å². The highest BCUT2D eigenvalue weighted by Gasteiger charge is 2.53. The summed E-state index contributed by atoms with van der Waals surface area (Å²) in [5.41, 5.74) is 2.37. The van der Waals surface area contributed by atoms with E-state index in [1.54, 1.807) is 5.57 Å². The van der Waals surface area contributed by atoms with E-state index in [1.807, 2.05) is 0 Å². The summed E-state index contributed by atoms with van der Waals surface area (Å²) in [5, 5.41) is 0. The molecule has 4 aliphatic carbocycles. The molecule has 4 fully saturated rings. The molecule has 4 unspecified atom stereocenters. The van der Waals surface area contributed by atoms with E-state index in [-0.39, 0.29) is 5.79 Å². The fraction of sp³-hybridized carbons (Fsp3) is 0.900. The molecule has 1 spiro atoms. The van der Waals surface area contributed by atoms with Crippen LogP contribution in [0.5, 0.6) is 0 Å². The minimum atomic E-state index is -0.230. The van der Waals surface area contributed by atoms with Crippen LogP contribution in [0.3, 0.4) is 0 Å². The monoisotopic (exact) mass is 302 g/mol. The van der Waals surface area contributed by atoms with Gasteiger partial charge in [-0.25, -0.2) is 0 Å². The van der Waals surface area contributed by atoms with Crippen molar-refractivity contribution in [1.29, 1.82) is 0 Å². The second kappa shape index (κ2) is 4.83. The number of hydrogen-bond donors (Lipinski definition) is 0. The average Bonchev–Trinajstić information content (AvgIpc) is 3.13. The Morgan fingerprint density at radius 1 is 1.00 bits per heavy atom. The van der Waals surface area contributed by atoms with Crippen molar-refractivity contribution < 1.29 is 9.47 Å². The molecule has 1 aliphatic heterocycles. The minimum Gasteiger partial charge on any atom is -0.347 e. The van der Waals surface area contributed by atoms with E-state index in [4.69, 9.17) is 9.47 Å². The molecule has 1 heterocycles. The Hall–Kier alpha value is -0.340. The lowest BCUT2D eigenvalue weighted by Crippen LogP contribution is -2.46. The summed E-state index contributed by atoms with van der Waals surface area (Å²) in [6.07, 6.45) is 14.9. The van der Waals surface area contributed by atoms with Gasteiger partial charge in [-0.3, -0.25) is 0 Å². The van der Waals surface area contributed by atoms with Crippen molar-refractivity contribution in [1.82, 2.24) is 0 Å². The molecular weight excluding hydrogens is 272 g/mol. The van der Waals surface area contributed by atoms with E-state index < -0.39 is 0 Å². The van der Waals surface area contributed by atoms with Crippen molar-refractivity contribution >= 4 is 0 Å². The maximum atomic E-state index is 5.99. The number of rotatable bonds is 0. The summed E-state index contributed by atoms with van der Waals surface area (Å²) in [6.45, 7) is 4.19. The molecule has 5 aliphatic rings. The fourth-order valence-electron chi connectivity index (χ4n) is 6.98. The summed E-state index contributed by atoms with van der Waals surface area (Å²) in [5.74, 6) is 3.58. The van der Waals surface area contributed by atoms with E-state index in [9.17, 15) is 0 Å². The Kier molecular flexibility index (Phi) is 3.08. The first-order chi connectivity index (χ1) is 10.7. The minimum absolute atomic E-state index is 0.230. The van der Waals surface area contributed by atoms with Gasteiger partial charge in [-0.2, -0.15) is 0 Å². The second-order valence-electron chi connectivity index (χ2n) is 8.96. The van der Waals surface area contributed by atoms with Gasteiger partial charge in [-0.1, -0.05) is 25.0 Å². The molecule has 0 N–H and O–H groups in total. The van der Waals surface area contributed by atoms with E-state index in [0.29, 0.717) is 5.41 Å². The molecule has 1 saturated heterocycles. The number of ether oxygens (including phenoxy) is 2. The van der Waals surface area contributed by atoms with Gasteiger partial charge in [0.1, 0.15) is 0 Å². The third kappa shape index (κ3) is 1.92. The smallest absolute Gasteiger partial charge is 0.172 e. The van der Waals surface area contributed by atoms with Gasteiger partial charge in [-0.15, -0.1) is 0 Å². The first-order valence-corrected chi connectivity index (χ1v) is 9.66. The molecule has 22 heavy (non-hydrogen) atoms.